The lowest BCUT2D eigenvalue weighted by Gasteiger charge is -2.22. The lowest BCUT2D eigenvalue weighted by molar-refractivity contribution is -0.168. The molecule has 0 amide bonds. The zero-order valence-corrected chi connectivity index (χ0v) is 15.8. The number of hydrogen-bond acceptors (Lipinski definition) is 4. The maximum Gasteiger partial charge on any atom is 0.323 e. The third kappa shape index (κ3) is 4.09. The molecule has 4 nitrogen and oxygen atoms in total. The minimum Gasteiger partial charge on any atom is -0.468 e. The highest BCUT2D eigenvalue weighted by Gasteiger charge is 2.55. The predicted octanol–water partition coefficient (Wildman–Crippen LogP) is 3.50. The molecule has 0 aromatic heterocycles. The van der Waals surface area contributed by atoms with Crippen molar-refractivity contribution in [2.75, 3.05) is 14.2 Å². The average molecular weight is 324 g/mol. The monoisotopic (exact) mass is 324 g/mol. The van der Waals surface area contributed by atoms with Crippen LogP contribution in [0.25, 0.3) is 0 Å². The molecule has 1 unspecified atom stereocenters. The number of allylic oxidation sites excluding steroid dienone is 3. The molecule has 124 valence electrons. The van der Waals surface area contributed by atoms with Gasteiger partial charge in [-0.2, -0.15) is 0 Å². The van der Waals surface area contributed by atoms with Gasteiger partial charge in [0.05, 0.1) is 22.3 Å². The van der Waals surface area contributed by atoms with Gasteiger partial charge in [-0.05, 0) is 32.6 Å². The average Bonchev–Trinajstić information content (AvgIpc) is 2.73. The van der Waals surface area contributed by atoms with E-state index in [1.807, 2.05) is 13.8 Å². The van der Waals surface area contributed by atoms with Crippen LogP contribution >= 0.6 is 0 Å². The Morgan fingerprint density at radius 1 is 1.14 bits per heavy atom. The van der Waals surface area contributed by atoms with E-state index >= 15 is 0 Å². The number of hydrogen-bond donors (Lipinski definition) is 0. The van der Waals surface area contributed by atoms with E-state index in [1.54, 1.807) is 0 Å². The van der Waals surface area contributed by atoms with Crippen LogP contribution in [0.4, 0.5) is 0 Å². The van der Waals surface area contributed by atoms with Gasteiger partial charge in [0.15, 0.2) is 5.41 Å². The topological polar surface area (TPSA) is 52.6 Å². The first kappa shape index (κ1) is 18.7. The zero-order chi connectivity index (χ0) is 17.1. The molecule has 22 heavy (non-hydrogen) atoms. The fourth-order valence-corrected chi connectivity index (χ4v) is 4.55. The van der Waals surface area contributed by atoms with E-state index < -0.39 is 25.4 Å². The largest absolute Gasteiger partial charge is 0.468 e. The number of rotatable bonds is 4. The molecule has 0 saturated heterocycles. The first-order valence-electron chi connectivity index (χ1n) is 7.59. The molecular weight excluding hydrogens is 296 g/mol. The fraction of sp³-hybridized carbons (Fsp3) is 0.647. The fourth-order valence-electron chi connectivity index (χ4n) is 3.13. The van der Waals surface area contributed by atoms with Gasteiger partial charge in [0, 0.05) is 0 Å². The maximum atomic E-state index is 12.3. The molecule has 0 N–H and O–H groups in total. The van der Waals surface area contributed by atoms with Crippen molar-refractivity contribution in [1.29, 1.82) is 0 Å². The van der Waals surface area contributed by atoms with Crippen LogP contribution in [0.2, 0.25) is 19.6 Å². The minimum atomic E-state index is -1.46. The smallest absolute Gasteiger partial charge is 0.323 e. The van der Waals surface area contributed by atoms with E-state index in [0.717, 1.165) is 5.57 Å². The second kappa shape index (κ2) is 6.81. The number of ether oxygens (including phenoxy) is 2. The van der Waals surface area contributed by atoms with Gasteiger partial charge in [0.25, 0.3) is 0 Å². The van der Waals surface area contributed by atoms with E-state index in [0.29, 0.717) is 12.8 Å². The van der Waals surface area contributed by atoms with Gasteiger partial charge in [-0.3, -0.25) is 9.59 Å². The Kier molecular flexibility index (Phi) is 5.79. The molecule has 0 bridgehead atoms. The summed E-state index contributed by atoms with van der Waals surface area (Å²) in [6, 6.07) is 0. The summed E-state index contributed by atoms with van der Waals surface area (Å²) < 4.78 is 9.83. The van der Waals surface area contributed by atoms with Crippen LogP contribution in [-0.2, 0) is 19.1 Å². The van der Waals surface area contributed by atoms with Gasteiger partial charge in [-0.25, -0.2) is 0 Å². The van der Waals surface area contributed by atoms with E-state index in [9.17, 15) is 9.59 Å². The summed E-state index contributed by atoms with van der Waals surface area (Å²) in [6.45, 7) is 10.8. The Hall–Kier alpha value is -1.36. The van der Waals surface area contributed by atoms with Gasteiger partial charge in [0.1, 0.15) is 0 Å². The molecular formula is C17H28O4Si. The molecule has 1 rings (SSSR count). The summed E-state index contributed by atoms with van der Waals surface area (Å²) in [4.78, 5) is 24.6. The van der Waals surface area contributed by atoms with Crippen LogP contribution in [-0.4, -0.2) is 34.2 Å². The van der Waals surface area contributed by atoms with Crippen molar-refractivity contribution in [1.82, 2.24) is 0 Å². The molecule has 1 aliphatic carbocycles. The number of methoxy groups -OCH3 is 2. The highest BCUT2D eigenvalue weighted by Crippen LogP contribution is 2.48. The molecule has 0 spiro atoms. The standard InChI is InChI=1S/C17H28O4Si/c1-12(2)8-13-9-17(15(18)20-3,16(19)21-4)10-14(13)11-22(5,6)7/h8,11,13H,9-10H2,1-7H3/b14-11+. The summed E-state index contributed by atoms with van der Waals surface area (Å²) in [5, 5.41) is 0. The SMILES string of the molecule is COC(=O)C1(C(=O)OC)C/C(=C\[Si](C)(C)C)C(C=C(C)C)C1. The van der Waals surface area contributed by atoms with Crippen molar-refractivity contribution in [3.8, 4) is 0 Å². The van der Waals surface area contributed by atoms with Crippen molar-refractivity contribution in [3.05, 3.63) is 22.9 Å². The molecule has 0 aromatic rings. The van der Waals surface area contributed by atoms with Crippen LogP contribution in [0.3, 0.4) is 0 Å². The van der Waals surface area contributed by atoms with Crippen LogP contribution in [0.1, 0.15) is 26.7 Å². The van der Waals surface area contributed by atoms with E-state index in [2.05, 4.69) is 31.4 Å². The lowest BCUT2D eigenvalue weighted by atomic mass is 9.85. The van der Waals surface area contributed by atoms with Crippen molar-refractivity contribution in [2.24, 2.45) is 11.3 Å². The quantitative estimate of drug-likeness (QED) is 0.344. The van der Waals surface area contributed by atoms with E-state index in [-0.39, 0.29) is 5.92 Å². The van der Waals surface area contributed by atoms with Crippen molar-refractivity contribution < 1.29 is 19.1 Å². The Balaban J connectivity index is 3.36. The summed E-state index contributed by atoms with van der Waals surface area (Å²) in [7, 11) is 1.18. The second-order valence-corrected chi connectivity index (χ2v) is 12.4. The molecule has 1 aliphatic rings. The highest BCUT2D eigenvalue weighted by molar-refractivity contribution is 6.81. The maximum absolute atomic E-state index is 12.3. The minimum absolute atomic E-state index is 0.0925. The molecule has 0 aromatic carbocycles. The molecule has 1 atom stereocenters. The molecule has 0 radical (unpaired) electrons. The van der Waals surface area contributed by atoms with E-state index in [4.69, 9.17) is 9.47 Å². The molecule has 1 fully saturated rings. The van der Waals surface area contributed by atoms with Crippen LogP contribution in [0.5, 0.6) is 0 Å². The summed E-state index contributed by atoms with van der Waals surface area (Å²) in [6.07, 6.45) is 2.96. The number of carbonyl (C=O) groups is 2. The third-order valence-electron chi connectivity index (χ3n) is 3.86. The Bertz CT molecular complexity index is 491. The molecule has 5 heteroatoms. The van der Waals surface area contributed by atoms with Gasteiger partial charge >= 0.3 is 11.9 Å². The number of esters is 2. The van der Waals surface area contributed by atoms with E-state index in [1.165, 1.54) is 19.8 Å². The summed E-state index contributed by atoms with van der Waals surface area (Å²) in [5.41, 5.74) is 3.43. The first-order chi connectivity index (χ1) is 10.1. The Morgan fingerprint density at radius 3 is 2.00 bits per heavy atom. The van der Waals surface area contributed by atoms with Crippen molar-refractivity contribution in [2.45, 2.75) is 46.3 Å². The molecule has 1 saturated carbocycles. The van der Waals surface area contributed by atoms with Gasteiger partial charge < -0.3 is 9.47 Å². The Labute approximate surface area is 134 Å². The van der Waals surface area contributed by atoms with Crippen molar-refractivity contribution in [3.63, 3.8) is 0 Å². The second-order valence-electron chi connectivity index (χ2n) is 7.38. The third-order valence-corrected chi connectivity index (χ3v) is 5.09. The highest BCUT2D eigenvalue weighted by atomic mass is 28.3. The van der Waals surface area contributed by atoms with Crippen LogP contribution < -0.4 is 0 Å². The molecule has 0 heterocycles. The van der Waals surface area contributed by atoms with Gasteiger partial charge in [0.2, 0.25) is 0 Å². The van der Waals surface area contributed by atoms with Crippen molar-refractivity contribution >= 4 is 20.0 Å². The number of carbonyl (C=O) groups excluding carboxylic acids is 2. The lowest BCUT2D eigenvalue weighted by Crippen LogP contribution is -2.39. The summed E-state index contributed by atoms with van der Waals surface area (Å²) in [5.74, 6) is -0.897. The summed E-state index contributed by atoms with van der Waals surface area (Å²) >= 11 is 0. The normalized spacial score (nSPS) is 22.3. The van der Waals surface area contributed by atoms with Crippen LogP contribution in [0, 0.1) is 11.3 Å². The predicted molar refractivity (Wildman–Crippen MR) is 90.0 cm³/mol. The zero-order valence-electron chi connectivity index (χ0n) is 14.8. The van der Waals surface area contributed by atoms with Gasteiger partial charge in [-0.1, -0.05) is 42.6 Å². The molecule has 0 aliphatic heterocycles. The van der Waals surface area contributed by atoms with Gasteiger partial charge in [-0.15, -0.1) is 0 Å². The first-order valence-corrected chi connectivity index (χ1v) is 11.2. The van der Waals surface area contributed by atoms with Crippen LogP contribution in [0.15, 0.2) is 22.9 Å². The Morgan fingerprint density at radius 2 is 1.64 bits per heavy atom.